The number of para-hydroxylation sites is 1. The molecule has 1 N–H and O–H groups in total. The molecule has 8 nitrogen and oxygen atoms in total. The number of anilines is 1. The van der Waals surface area contributed by atoms with Crippen molar-refractivity contribution in [2.75, 3.05) is 24.2 Å². The van der Waals surface area contributed by atoms with E-state index < -0.39 is 28.5 Å². The summed E-state index contributed by atoms with van der Waals surface area (Å²) < 4.78 is 31.5. The lowest BCUT2D eigenvalue weighted by atomic mass is 10.1. The second kappa shape index (κ2) is 11.9. The van der Waals surface area contributed by atoms with Crippen LogP contribution in [0.5, 0.6) is 5.75 Å². The van der Waals surface area contributed by atoms with Crippen LogP contribution < -0.4 is 14.4 Å². The Labute approximate surface area is 202 Å². The lowest BCUT2D eigenvalue weighted by Gasteiger charge is -2.32. The normalized spacial score (nSPS) is 13.0. The third kappa shape index (κ3) is 7.21. The highest BCUT2D eigenvalue weighted by Crippen LogP contribution is 2.23. The van der Waals surface area contributed by atoms with Crippen molar-refractivity contribution in [3.63, 3.8) is 0 Å². The van der Waals surface area contributed by atoms with Crippen LogP contribution in [0.3, 0.4) is 0 Å². The summed E-state index contributed by atoms with van der Waals surface area (Å²) in [5.74, 6) is -0.0960. The van der Waals surface area contributed by atoms with Crippen LogP contribution in [-0.4, -0.2) is 57.1 Å². The zero-order chi connectivity index (χ0) is 25.5. The maximum absolute atomic E-state index is 13.5. The van der Waals surface area contributed by atoms with Gasteiger partial charge < -0.3 is 15.0 Å². The van der Waals surface area contributed by atoms with Gasteiger partial charge in [-0.3, -0.25) is 13.9 Å². The molecule has 0 aliphatic heterocycles. The summed E-state index contributed by atoms with van der Waals surface area (Å²) in [6, 6.07) is 13.3. The number of aryl methyl sites for hydroxylation is 1. The number of benzene rings is 2. The number of ether oxygens (including phenoxy) is 1. The van der Waals surface area contributed by atoms with Crippen molar-refractivity contribution in [1.82, 2.24) is 10.2 Å². The van der Waals surface area contributed by atoms with E-state index in [1.807, 2.05) is 26.0 Å². The molecule has 0 aliphatic carbocycles. The third-order valence-corrected chi connectivity index (χ3v) is 6.87. The van der Waals surface area contributed by atoms with E-state index in [2.05, 4.69) is 5.32 Å². The lowest BCUT2D eigenvalue weighted by molar-refractivity contribution is -0.139. The molecular formula is C25H35N3O5S. The number of carbonyl (C=O) groups excluding carboxylic acids is 2. The molecule has 2 atom stereocenters. The van der Waals surface area contributed by atoms with Gasteiger partial charge in [-0.05, 0) is 56.5 Å². The number of nitrogens with one attached hydrogen (secondary N) is 1. The molecule has 9 heteroatoms. The molecule has 2 amide bonds. The first-order valence-corrected chi connectivity index (χ1v) is 13.1. The minimum absolute atomic E-state index is 0.0487. The molecule has 186 valence electrons. The van der Waals surface area contributed by atoms with Crippen LogP contribution in [0.15, 0.2) is 48.5 Å². The average Bonchev–Trinajstić information content (AvgIpc) is 2.80. The van der Waals surface area contributed by atoms with Gasteiger partial charge in [-0.2, -0.15) is 0 Å². The molecule has 2 aromatic rings. The molecule has 0 fully saturated rings. The summed E-state index contributed by atoms with van der Waals surface area (Å²) >= 11 is 0. The van der Waals surface area contributed by atoms with Crippen molar-refractivity contribution in [3.8, 4) is 5.75 Å². The molecule has 0 bridgehead atoms. The van der Waals surface area contributed by atoms with E-state index in [0.717, 1.165) is 28.1 Å². The van der Waals surface area contributed by atoms with Gasteiger partial charge in [0, 0.05) is 12.6 Å². The highest BCUT2D eigenvalue weighted by molar-refractivity contribution is 7.92. The Kier molecular flexibility index (Phi) is 9.49. The molecule has 0 aromatic heterocycles. The number of carbonyl (C=O) groups is 2. The highest BCUT2D eigenvalue weighted by atomic mass is 32.2. The zero-order valence-corrected chi connectivity index (χ0v) is 21.6. The fourth-order valence-corrected chi connectivity index (χ4v) is 4.32. The fraction of sp³-hybridized carbons (Fsp3) is 0.440. The SMILES string of the molecule is CCC(C)NC(=O)C(C)N(Cc1ccc(OC)cc1)C(=O)CN(c1ccccc1C)S(C)(=O)=O. The quantitative estimate of drug-likeness (QED) is 0.523. The van der Waals surface area contributed by atoms with Crippen LogP contribution in [0, 0.1) is 6.92 Å². The number of hydrogen-bond acceptors (Lipinski definition) is 5. The van der Waals surface area contributed by atoms with Crippen molar-refractivity contribution >= 4 is 27.5 Å². The first-order chi connectivity index (χ1) is 16.0. The number of hydrogen-bond donors (Lipinski definition) is 1. The van der Waals surface area contributed by atoms with E-state index in [9.17, 15) is 18.0 Å². The Morgan fingerprint density at radius 2 is 1.68 bits per heavy atom. The summed E-state index contributed by atoms with van der Waals surface area (Å²) in [7, 11) is -2.18. The Balaban J connectivity index is 2.39. The molecule has 0 saturated heterocycles. The molecule has 0 spiro atoms. The second-order valence-corrected chi connectivity index (χ2v) is 10.3. The minimum atomic E-state index is -3.75. The largest absolute Gasteiger partial charge is 0.497 e. The van der Waals surface area contributed by atoms with E-state index in [4.69, 9.17) is 4.74 Å². The van der Waals surface area contributed by atoms with Crippen molar-refractivity contribution in [2.24, 2.45) is 0 Å². The van der Waals surface area contributed by atoms with Crippen LogP contribution >= 0.6 is 0 Å². The fourth-order valence-electron chi connectivity index (χ4n) is 3.41. The van der Waals surface area contributed by atoms with E-state index in [0.29, 0.717) is 11.4 Å². The first kappa shape index (κ1) is 27.2. The first-order valence-electron chi connectivity index (χ1n) is 11.2. The lowest BCUT2D eigenvalue weighted by Crippen LogP contribution is -2.52. The van der Waals surface area contributed by atoms with Crippen LogP contribution in [0.1, 0.15) is 38.3 Å². The number of rotatable bonds is 11. The summed E-state index contributed by atoms with van der Waals surface area (Å²) in [6.45, 7) is 7.02. The standard InChI is InChI=1S/C25H35N3O5S/c1-7-19(3)26-25(30)20(4)27(16-21-12-14-22(33-5)15-13-21)24(29)17-28(34(6,31)32)23-11-9-8-10-18(23)2/h8-15,19-20H,7,16-17H2,1-6H3,(H,26,30). The van der Waals surface area contributed by atoms with Crippen molar-refractivity contribution in [3.05, 3.63) is 59.7 Å². The summed E-state index contributed by atoms with van der Waals surface area (Å²) in [4.78, 5) is 27.8. The molecule has 2 aromatic carbocycles. The summed E-state index contributed by atoms with van der Waals surface area (Å²) in [6.07, 6.45) is 1.82. The molecule has 34 heavy (non-hydrogen) atoms. The van der Waals surface area contributed by atoms with Gasteiger partial charge in [0.2, 0.25) is 21.8 Å². The Hall–Kier alpha value is -3.07. The summed E-state index contributed by atoms with van der Waals surface area (Å²) in [5.41, 5.74) is 1.95. The number of methoxy groups -OCH3 is 1. The van der Waals surface area contributed by atoms with Gasteiger partial charge in [0.05, 0.1) is 19.1 Å². The van der Waals surface area contributed by atoms with Crippen LogP contribution in [-0.2, 0) is 26.2 Å². The number of nitrogens with zero attached hydrogens (tertiary/aromatic N) is 2. The van der Waals surface area contributed by atoms with E-state index >= 15 is 0 Å². The van der Waals surface area contributed by atoms with E-state index in [-0.39, 0.29) is 18.5 Å². The van der Waals surface area contributed by atoms with Gasteiger partial charge >= 0.3 is 0 Å². The maximum Gasteiger partial charge on any atom is 0.244 e. The molecule has 2 rings (SSSR count). The molecule has 0 radical (unpaired) electrons. The van der Waals surface area contributed by atoms with Gasteiger partial charge in [0.25, 0.3) is 0 Å². The van der Waals surface area contributed by atoms with E-state index in [1.54, 1.807) is 57.4 Å². The average molecular weight is 490 g/mol. The smallest absolute Gasteiger partial charge is 0.244 e. The van der Waals surface area contributed by atoms with Gasteiger partial charge in [-0.1, -0.05) is 37.3 Å². The van der Waals surface area contributed by atoms with Crippen LogP contribution in [0.2, 0.25) is 0 Å². The highest BCUT2D eigenvalue weighted by Gasteiger charge is 2.30. The maximum atomic E-state index is 13.5. The summed E-state index contributed by atoms with van der Waals surface area (Å²) in [5, 5.41) is 2.91. The van der Waals surface area contributed by atoms with Crippen molar-refractivity contribution in [1.29, 1.82) is 0 Å². The molecular weight excluding hydrogens is 454 g/mol. The Morgan fingerprint density at radius 1 is 1.06 bits per heavy atom. The predicted octanol–water partition coefficient (Wildman–Crippen LogP) is 3.10. The van der Waals surface area contributed by atoms with Crippen molar-refractivity contribution < 1.29 is 22.7 Å². The third-order valence-electron chi connectivity index (χ3n) is 5.74. The van der Waals surface area contributed by atoms with E-state index in [1.165, 1.54) is 4.90 Å². The number of amides is 2. The Bertz CT molecular complexity index is 1090. The topological polar surface area (TPSA) is 96.0 Å². The van der Waals surface area contributed by atoms with Gasteiger partial charge in [-0.25, -0.2) is 8.42 Å². The monoisotopic (exact) mass is 489 g/mol. The predicted molar refractivity (Wildman–Crippen MR) is 134 cm³/mol. The van der Waals surface area contributed by atoms with Gasteiger partial charge in [0.1, 0.15) is 18.3 Å². The number of sulfonamides is 1. The van der Waals surface area contributed by atoms with Crippen LogP contribution in [0.4, 0.5) is 5.69 Å². The molecule has 0 saturated carbocycles. The molecule has 2 unspecified atom stereocenters. The molecule has 0 aliphatic rings. The van der Waals surface area contributed by atoms with Gasteiger partial charge in [0.15, 0.2) is 0 Å². The Morgan fingerprint density at radius 3 is 2.21 bits per heavy atom. The van der Waals surface area contributed by atoms with Crippen molar-refractivity contribution in [2.45, 2.75) is 52.7 Å². The minimum Gasteiger partial charge on any atom is -0.497 e. The van der Waals surface area contributed by atoms with Gasteiger partial charge in [-0.15, -0.1) is 0 Å². The van der Waals surface area contributed by atoms with Crippen LogP contribution in [0.25, 0.3) is 0 Å². The molecule has 0 heterocycles. The second-order valence-electron chi connectivity index (χ2n) is 8.42. The zero-order valence-electron chi connectivity index (χ0n) is 20.7.